The van der Waals surface area contributed by atoms with E-state index in [0.29, 0.717) is 36.5 Å². The van der Waals surface area contributed by atoms with Crippen molar-refractivity contribution in [3.05, 3.63) is 142 Å². The van der Waals surface area contributed by atoms with Gasteiger partial charge in [0.05, 0.1) is 6.21 Å². The summed E-state index contributed by atoms with van der Waals surface area (Å²) < 4.78 is 0. The number of rotatable bonds is 12. The Kier molecular flexibility index (Phi) is 14.3. The van der Waals surface area contributed by atoms with Crippen LogP contribution in [0.4, 0.5) is 0 Å². The van der Waals surface area contributed by atoms with E-state index >= 15 is 0 Å². The molecule has 0 aliphatic heterocycles. The molecule has 2 N–H and O–H groups in total. The molecule has 4 aromatic rings. The van der Waals surface area contributed by atoms with Crippen LogP contribution in [0.5, 0.6) is 0 Å². The first-order valence-electron chi connectivity index (χ1n) is 16.5. The topological polar surface area (TPSA) is 133 Å². The molecule has 266 valence electrons. The molecule has 0 aliphatic carbocycles. The number of carbonyl (C=O) groups is 4. The Morgan fingerprint density at radius 1 is 0.627 bits per heavy atom. The molecule has 0 saturated heterocycles. The summed E-state index contributed by atoms with van der Waals surface area (Å²) in [5.41, 5.74) is 7.20. The number of aldehydes is 2. The second kappa shape index (κ2) is 18.2. The molecule has 0 saturated carbocycles. The Balaban J connectivity index is 0.000000276. The van der Waals surface area contributed by atoms with E-state index in [1.165, 1.54) is 17.3 Å². The Hall–Kier alpha value is -5.21. The first kappa shape index (κ1) is 40.2. The van der Waals surface area contributed by atoms with Crippen LogP contribution in [0.15, 0.2) is 107 Å². The lowest BCUT2D eigenvalue weighted by atomic mass is 9.85. The first-order valence-corrected chi connectivity index (χ1v) is 16.9. The Morgan fingerprint density at radius 3 is 1.37 bits per heavy atom. The van der Waals surface area contributed by atoms with Crippen LogP contribution in [-0.4, -0.2) is 45.9 Å². The van der Waals surface area contributed by atoms with E-state index in [2.05, 4.69) is 88.3 Å². The van der Waals surface area contributed by atoms with E-state index in [9.17, 15) is 19.2 Å². The van der Waals surface area contributed by atoms with Gasteiger partial charge in [0, 0.05) is 23.0 Å². The number of hydrogen-bond donors (Lipinski definition) is 2. The van der Waals surface area contributed by atoms with E-state index in [4.69, 9.17) is 22.0 Å². The molecule has 4 rings (SSSR count). The van der Waals surface area contributed by atoms with Gasteiger partial charge in [0.1, 0.15) is 0 Å². The van der Waals surface area contributed by atoms with Gasteiger partial charge >= 0.3 is 0 Å². The molecule has 2 atom stereocenters. The van der Waals surface area contributed by atoms with Gasteiger partial charge in [0.2, 0.25) is 11.6 Å². The molecule has 0 bridgehead atoms. The number of halogens is 1. The summed E-state index contributed by atoms with van der Waals surface area (Å²) in [6.45, 7) is 12.9. The van der Waals surface area contributed by atoms with Crippen LogP contribution in [0.25, 0.3) is 0 Å². The lowest BCUT2D eigenvalue weighted by Crippen LogP contribution is -2.13. The molecule has 51 heavy (non-hydrogen) atoms. The highest BCUT2D eigenvalue weighted by molar-refractivity contribution is 6.66. The van der Waals surface area contributed by atoms with E-state index in [-0.39, 0.29) is 27.8 Å². The highest BCUT2D eigenvalue weighted by Gasteiger charge is 2.21. The molecular formula is C42H45ClN2O6. The lowest BCUT2D eigenvalue weighted by molar-refractivity contribution is -0.105. The minimum absolute atomic E-state index is 0.0455. The number of ketones is 2. The summed E-state index contributed by atoms with van der Waals surface area (Å²) in [5.74, 6) is -1.46. The van der Waals surface area contributed by atoms with Crippen molar-refractivity contribution in [3.8, 4) is 0 Å². The van der Waals surface area contributed by atoms with Crippen LogP contribution in [0.3, 0.4) is 0 Å². The molecule has 0 fully saturated rings. The zero-order chi connectivity index (χ0) is 37.8. The standard InChI is InChI=1S/C21H22ClNO3.C21H23NO3/c1-21(2,3)17-10-8-15(9-11-17)18(20(22)23-26)12-14-4-6-16(7-5-14)19(25)13-24;1-21(2,3)19-10-8-16(9-11-19)18(13-22-25)12-15-4-6-17(7-5-15)20(24)14-23/h4-11,13,18,26H,12H2,1-3H3;4-11,13-14,18,25H,12H2,1-3H3/b23-20-;22-13+. The van der Waals surface area contributed by atoms with Gasteiger partial charge in [-0.3, -0.25) is 19.2 Å². The molecule has 9 heteroatoms. The molecule has 0 spiro atoms. The van der Waals surface area contributed by atoms with E-state index in [1.807, 2.05) is 24.3 Å². The number of carbonyl (C=O) groups excluding carboxylic acids is 4. The highest BCUT2D eigenvalue weighted by Crippen LogP contribution is 2.29. The van der Waals surface area contributed by atoms with Crippen molar-refractivity contribution >= 4 is 47.1 Å². The molecule has 0 heterocycles. The molecule has 8 nitrogen and oxygen atoms in total. The summed E-state index contributed by atoms with van der Waals surface area (Å²) >= 11 is 6.15. The normalized spacial score (nSPS) is 13.1. The monoisotopic (exact) mass is 708 g/mol. The van der Waals surface area contributed by atoms with Crippen molar-refractivity contribution < 1.29 is 29.6 Å². The SMILES string of the molecule is CC(C)(C)c1ccc(C(/C=N/O)Cc2ccc(C(=O)C=O)cc2)cc1.CC(C)(C)c1ccc(C(Cc2ccc(C(=O)C=O)cc2)/C(Cl)=N/O)cc1. The maximum absolute atomic E-state index is 11.4. The number of oxime groups is 2. The second-order valence-corrected chi connectivity index (χ2v) is 14.7. The van der Waals surface area contributed by atoms with Gasteiger partial charge in [-0.15, -0.1) is 5.16 Å². The molecule has 2 unspecified atom stereocenters. The van der Waals surface area contributed by atoms with Gasteiger partial charge in [0.25, 0.3) is 0 Å². The van der Waals surface area contributed by atoms with E-state index in [1.54, 1.807) is 36.4 Å². The third-order valence-electron chi connectivity index (χ3n) is 8.60. The predicted octanol–water partition coefficient (Wildman–Crippen LogP) is 8.87. The first-order chi connectivity index (χ1) is 24.1. The number of nitrogens with zero attached hydrogens (tertiary/aromatic N) is 2. The minimum Gasteiger partial charge on any atom is -0.411 e. The Morgan fingerprint density at radius 2 is 1.02 bits per heavy atom. The fourth-order valence-electron chi connectivity index (χ4n) is 5.43. The summed E-state index contributed by atoms with van der Waals surface area (Å²) in [7, 11) is 0. The van der Waals surface area contributed by atoms with Crippen molar-refractivity contribution in [2.75, 3.05) is 0 Å². The van der Waals surface area contributed by atoms with Gasteiger partial charge in [-0.05, 0) is 57.1 Å². The van der Waals surface area contributed by atoms with Crippen molar-refractivity contribution in [1.29, 1.82) is 0 Å². The fraction of sp³-hybridized carbons (Fsp3) is 0.286. The molecule has 0 radical (unpaired) electrons. The fourth-order valence-corrected chi connectivity index (χ4v) is 5.63. The van der Waals surface area contributed by atoms with E-state index < -0.39 is 11.6 Å². The molecule has 0 amide bonds. The van der Waals surface area contributed by atoms with Gasteiger partial charge in [-0.2, -0.15) is 0 Å². The van der Waals surface area contributed by atoms with Gasteiger partial charge in [-0.25, -0.2) is 0 Å². The van der Waals surface area contributed by atoms with Crippen LogP contribution in [0.1, 0.15) is 107 Å². The maximum atomic E-state index is 11.4. The molecule has 0 aliphatic rings. The summed E-state index contributed by atoms with van der Waals surface area (Å²) in [6.07, 6.45) is 3.26. The van der Waals surface area contributed by atoms with Crippen LogP contribution < -0.4 is 0 Å². The quantitative estimate of drug-likeness (QED) is 0.0377. The maximum Gasteiger partial charge on any atom is 0.225 e. The summed E-state index contributed by atoms with van der Waals surface area (Å²) in [5, 5.41) is 24.6. The van der Waals surface area contributed by atoms with Gasteiger partial charge in [0.15, 0.2) is 17.7 Å². The second-order valence-electron chi connectivity index (χ2n) is 14.4. The Labute approximate surface area is 304 Å². The van der Waals surface area contributed by atoms with Crippen LogP contribution in [-0.2, 0) is 33.3 Å². The summed E-state index contributed by atoms with van der Waals surface area (Å²) in [6, 6.07) is 30.1. The molecule has 4 aromatic carbocycles. The van der Waals surface area contributed by atoms with Crippen LogP contribution in [0.2, 0.25) is 0 Å². The third-order valence-corrected chi connectivity index (χ3v) is 8.94. The highest BCUT2D eigenvalue weighted by atomic mass is 35.5. The van der Waals surface area contributed by atoms with Crippen molar-refractivity contribution in [2.45, 2.75) is 77.0 Å². The smallest absolute Gasteiger partial charge is 0.225 e. The minimum atomic E-state index is -0.555. The van der Waals surface area contributed by atoms with E-state index in [0.717, 1.165) is 22.3 Å². The zero-order valence-corrected chi connectivity index (χ0v) is 30.6. The number of benzene rings is 4. The van der Waals surface area contributed by atoms with Crippen molar-refractivity contribution in [2.24, 2.45) is 10.3 Å². The zero-order valence-electron chi connectivity index (χ0n) is 29.8. The van der Waals surface area contributed by atoms with Gasteiger partial charge < -0.3 is 10.4 Å². The van der Waals surface area contributed by atoms with Crippen LogP contribution in [0, 0.1) is 0 Å². The molecule has 0 aromatic heterocycles. The number of hydrogen-bond acceptors (Lipinski definition) is 8. The largest absolute Gasteiger partial charge is 0.411 e. The third kappa shape index (κ3) is 11.7. The molecular weight excluding hydrogens is 664 g/mol. The van der Waals surface area contributed by atoms with Crippen molar-refractivity contribution in [1.82, 2.24) is 0 Å². The van der Waals surface area contributed by atoms with Crippen molar-refractivity contribution in [3.63, 3.8) is 0 Å². The van der Waals surface area contributed by atoms with Crippen LogP contribution >= 0.6 is 11.6 Å². The average Bonchev–Trinajstić information content (AvgIpc) is 3.13. The van der Waals surface area contributed by atoms with Gasteiger partial charge in [-0.1, -0.05) is 155 Å². The average molecular weight is 709 g/mol. The Bertz CT molecular complexity index is 1830. The number of Topliss-reactive ketones (excluding diaryl/α,β-unsaturated/α-hetero) is 2. The summed E-state index contributed by atoms with van der Waals surface area (Å²) in [4.78, 5) is 43.9. The lowest BCUT2D eigenvalue weighted by Gasteiger charge is -2.21. The predicted molar refractivity (Wildman–Crippen MR) is 202 cm³/mol.